The first-order chi connectivity index (χ1) is 11.4. The Kier molecular flexibility index (Phi) is 5.78. The minimum Gasteiger partial charge on any atom is -0.383 e. The highest BCUT2D eigenvalue weighted by molar-refractivity contribution is 5.93. The summed E-state index contributed by atoms with van der Waals surface area (Å²) >= 11 is 0. The Bertz CT molecular complexity index is 682. The molecule has 1 heterocycles. The van der Waals surface area contributed by atoms with Crippen LogP contribution in [-0.2, 0) is 16.7 Å². The molecule has 2 aromatic rings. The molecule has 0 fully saturated rings. The molecular weight excluding hydrogens is 302 g/mol. The van der Waals surface area contributed by atoms with E-state index in [0.717, 1.165) is 11.3 Å². The number of hydrogen-bond donors (Lipinski definition) is 1. The lowest BCUT2D eigenvalue weighted by Gasteiger charge is -2.19. The monoisotopic (exact) mass is 329 g/mol. The van der Waals surface area contributed by atoms with E-state index in [2.05, 4.69) is 55.5 Å². The molecule has 0 aliphatic carbocycles. The van der Waals surface area contributed by atoms with E-state index in [9.17, 15) is 4.79 Å². The van der Waals surface area contributed by atoms with Crippen LogP contribution in [0.4, 0.5) is 0 Å². The van der Waals surface area contributed by atoms with Gasteiger partial charge < -0.3 is 10.1 Å². The van der Waals surface area contributed by atoms with Gasteiger partial charge in [-0.1, -0.05) is 45.0 Å². The smallest absolute Gasteiger partial charge is 0.271 e. The fourth-order valence-corrected chi connectivity index (χ4v) is 2.50. The van der Waals surface area contributed by atoms with Gasteiger partial charge in [-0.25, -0.2) is 0 Å². The second-order valence-corrected chi connectivity index (χ2v) is 6.81. The van der Waals surface area contributed by atoms with Crippen LogP contribution in [0.1, 0.15) is 43.7 Å². The highest BCUT2D eigenvalue weighted by atomic mass is 16.5. The molecule has 0 bridgehead atoms. The molecule has 0 saturated heterocycles. The molecular formula is C19H27N3O2. The van der Waals surface area contributed by atoms with E-state index in [1.54, 1.807) is 7.11 Å². The van der Waals surface area contributed by atoms with Crippen molar-refractivity contribution in [2.75, 3.05) is 20.3 Å². The zero-order valence-corrected chi connectivity index (χ0v) is 15.2. The van der Waals surface area contributed by atoms with Crippen molar-refractivity contribution < 1.29 is 9.53 Å². The molecule has 0 atom stereocenters. The van der Waals surface area contributed by atoms with Crippen molar-refractivity contribution in [1.29, 1.82) is 0 Å². The molecule has 0 saturated carbocycles. The summed E-state index contributed by atoms with van der Waals surface area (Å²) in [6, 6.07) is 10.3. The number of methoxy groups -OCH3 is 1. The zero-order chi connectivity index (χ0) is 17.7. The lowest BCUT2D eigenvalue weighted by atomic mass is 9.86. The summed E-state index contributed by atoms with van der Waals surface area (Å²) < 4.78 is 6.80. The van der Waals surface area contributed by atoms with Crippen molar-refractivity contribution in [3.8, 4) is 11.3 Å². The van der Waals surface area contributed by atoms with E-state index in [4.69, 9.17) is 4.74 Å². The molecule has 0 radical (unpaired) electrons. The number of aromatic nitrogens is 2. The highest BCUT2D eigenvalue weighted by Crippen LogP contribution is 2.26. The van der Waals surface area contributed by atoms with Gasteiger partial charge in [0.25, 0.3) is 5.91 Å². The third kappa shape index (κ3) is 4.23. The Labute approximate surface area is 144 Å². The molecule has 0 aliphatic heterocycles. The van der Waals surface area contributed by atoms with Gasteiger partial charge in [0.2, 0.25) is 0 Å². The normalized spacial score (nSPS) is 11.5. The van der Waals surface area contributed by atoms with Crippen LogP contribution in [-0.4, -0.2) is 35.9 Å². The summed E-state index contributed by atoms with van der Waals surface area (Å²) in [5.74, 6) is -0.174. The summed E-state index contributed by atoms with van der Waals surface area (Å²) in [6.07, 6.45) is 0. The number of rotatable bonds is 6. The molecule has 5 heteroatoms. The maximum atomic E-state index is 12.2. The number of nitrogens with zero attached hydrogens (tertiary/aromatic N) is 2. The van der Waals surface area contributed by atoms with E-state index in [0.29, 0.717) is 25.4 Å². The van der Waals surface area contributed by atoms with Gasteiger partial charge in [0.05, 0.1) is 12.3 Å². The Balaban J connectivity index is 2.25. The van der Waals surface area contributed by atoms with Gasteiger partial charge in [-0.2, -0.15) is 5.10 Å². The zero-order valence-electron chi connectivity index (χ0n) is 15.2. The van der Waals surface area contributed by atoms with E-state index in [1.165, 1.54) is 5.56 Å². The highest BCUT2D eigenvalue weighted by Gasteiger charge is 2.16. The second kappa shape index (κ2) is 7.62. The first-order valence-corrected chi connectivity index (χ1v) is 8.32. The lowest BCUT2D eigenvalue weighted by Crippen LogP contribution is -2.27. The third-order valence-electron chi connectivity index (χ3n) is 3.95. The maximum Gasteiger partial charge on any atom is 0.271 e. The van der Waals surface area contributed by atoms with Crippen molar-refractivity contribution in [3.05, 3.63) is 41.6 Å². The molecule has 1 aromatic heterocycles. The minimum absolute atomic E-state index is 0.121. The van der Waals surface area contributed by atoms with E-state index in [-0.39, 0.29) is 11.3 Å². The summed E-state index contributed by atoms with van der Waals surface area (Å²) in [5, 5.41) is 7.22. The number of nitrogens with one attached hydrogen (secondary N) is 1. The number of aryl methyl sites for hydroxylation is 1. The quantitative estimate of drug-likeness (QED) is 0.828. The lowest BCUT2D eigenvalue weighted by molar-refractivity contribution is 0.0931. The molecule has 24 heavy (non-hydrogen) atoms. The Hall–Kier alpha value is -2.14. The van der Waals surface area contributed by atoms with Crippen molar-refractivity contribution >= 4 is 5.91 Å². The van der Waals surface area contributed by atoms with Gasteiger partial charge >= 0.3 is 0 Å². The van der Waals surface area contributed by atoms with Crippen molar-refractivity contribution in [2.45, 2.75) is 39.7 Å². The van der Waals surface area contributed by atoms with Crippen LogP contribution in [0.3, 0.4) is 0 Å². The average molecular weight is 329 g/mol. The van der Waals surface area contributed by atoms with Crippen LogP contribution >= 0.6 is 0 Å². The summed E-state index contributed by atoms with van der Waals surface area (Å²) in [7, 11) is 1.61. The fraction of sp³-hybridized carbons (Fsp3) is 0.474. The number of carbonyl (C=O) groups is 1. The SMILES string of the molecule is CCn1nc(C(=O)NCCOC)cc1-c1ccc(C(C)(C)C)cc1. The topological polar surface area (TPSA) is 56.2 Å². The van der Waals surface area contributed by atoms with Crippen LogP contribution in [0, 0.1) is 0 Å². The Morgan fingerprint density at radius 3 is 2.46 bits per heavy atom. The molecule has 2 rings (SSSR count). The van der Waals surface area contributed by atoms with Crippen molar-refractivity contribution in [3.63, 3.8) is 0 Å². The molecule has 0 unspecified atom stereocenters. The van der Waals surface area contributed by atoms with Gasteiger partial charge in [0, 0.05) is 20.2 Å². The fourth-order valence-electron chi connectivity index (χ4n) is 2.50. The van der Waals surface area contributed by atoms with Crippen molar-refractivity contribution in [1.82, 2.24) is 15.1 Å². The minimum atomic E-state index is -0.174. The van der Waals surface area contributed by atoms with Crippen LogP contribution in [0.25, 0.3) is 11.3 Å². The summed E-state index contributed by atoms with van der Waals surface area (Å²) in [6.45, 7) is 10.3. The number of ether oxygens (including phenoxy) is 1. The number of carbonyl (C=O) groups excluding carboxylic acids is 1. The molecule has 5 nitrogen and oxygen atoms in total. The predicted octanol–water partition coefficient (Wildman–Crippen LogP) is 3.24. The van der Waals surface area contributed by atoms with Gasteiger partial charge in [0.15, 0.2) is 5.69 Å². The van der Waals surface area contributed by atoms with Crippen molar-refractivity contribution in [2.24, 2.45) is 0 Å². The summed E-state index contributed by atoms with van der Waals surface area (Å²) in [5.41, 5.74) is 3.85. The number of amides is 1. The standard InChI is InChI=1S/C19H27N3O2/c1-6-22-17(13-16(21-22)18(23)20-11-12-24-5)14-7-9-15(10-8-14)19(2,3)4/h7-10,13H,6,11-12H2,1-5H3,(H,20,23). The van der Waals surface area contributed by atoms with Crippen LogP contribution in [0.5, 0.6) is 0 Å². The maximum absolute atomic E-state index is 12.2. The number of hydrogen-bond acceptors (Lipinski definition) is 3. The van der Waals surface area contributed by atoms with E-state index < -0.39 is 0 Å². The molecule has 1 amide bonds. The Morgan fingerprint density at radius 2 is 1.92 bits per heavy atom. The second-order valence-electron chi connectivity index (χ2n) is 6.81. The van der Waals surface area contributed by atoms with Crippen LogP contribution < -0.4 is 5.32 Å². The summed E-state index contributed by atoms with van der Waals surface area (Å²) in [4.78, 5) is 12.2. The molecule has 1 N–H and O–H groups in total. The van der Waals surface area contributed by atoms with Gasteiger partial charge in [0.1, 0.15) is 0 Å². The largest absolute Gasteiger partial charge is 0.383 e. The van der Waals surface area contributed by atoms with E-state index in [1.807, 2.05) is 17.7 Å². The van der Waals surface area contributed by atoms with E-state index >= 15 is 0 Å². The first kappa shape index (κ1) is 18.2. The van der Waals surface area contributed by atoms with Crippen LogP contribution in [0.2, 0.25) is 0 Å². The third-order valence-corrected chi connectivity index (χ3v) is 3.95. The average Bonchev–Trinajstić information content (AvgIpc) is 2.98. The molecule has 130 valence electrons. The Morgan fingerprint density at radius 1 is 1.25 bits per heavy atom. The van der Waals surface area contributed by atoms with Crippen LogP contribution in [0.15, 0.2) is 30.3 Å². The van der Waals surface area contributed by atoms with Gasteiger partial charge in [-0.15, -0.1) is 0 Å². The molecule has 0 spiro atoms. The molecule has 1 aromatic carbocycles. The predicted molar refractivity (Wildman–Crippen MR) is 96.2 cm³/mol. The first-order valence-electron chi connectivity index (χ1n) is 8.32. The van der Waals surface area contributed by atoms with Gasteiger partial charge in [-0.05, 0) is 29.5 Å². The van der Waals surface area contributed by atoms with Gasteiger partial charge in [-0.3, -0.25) is 9.48 Å². The molecule has 0 aliphatic rings. The number of benzene rings is 1.